The zero-order valence-corrected chi connectivity index (χ0v) is 12.7. The standard InChI is InChI=1S/C16H20ClN3/c1-3-13-15(17)14(20(2)19-13)10-16(18)9-8-11-6-4-5-7-12(11)16/h4-7H,3,8-10,18H2,1-2H3. The Kier molecular flexibility index (Phi) is 3.35. The van der Waals surface area contributed by atoms with Crippen LogP contribution in [-0.2, 0) is 31.8 Å². The van der Waals surface area contributed by atoms with E-state index in [9.17, 15) is 0 Å². The summed E-state index contributed by atoms with van der Waals surface area (Å²) in [5.74, 6) is 0. The van der Waals surface area contributed by atoms with Gasteiger partial charge < -0.3 is 5.73 Å². The largest absolute Gasteiger partial charge is 0.321 e. The van der Waals surface area contributed by atoms with E-state index in [1.807, 2.05) is 11.7 Å². The van der Waals surface area contributed by atoms with Crippen LogP contribution in [0, 0.1) is 0 Å². The van der Waals surface area contributed by atoms with Crippen molar-refractivity contribution in [2.75, 3.05) is 0 Å². The molecule has 0 fully saturated rings. The third-order valence-electron chi connectivity index (χ3n) is 4.38. The molecule has 1 unspecified atom stereocenters. The Hall–Kier alpha value is -1.32. The molecule has 0 amide bonds. The zero-order valence-electron chi connectivity index (χ0n) is 12.0. The maximum absolute atomic E-state index is 6.69. The lowest BCUT2D eigenvalue weighted by Crippen LogP contribution is -2.37. The van der Waals surface area contributed by atoms with Gasteiger partial charge in [0.15, 0.2) is 0 Å². The Morgan fingerprint density at radius 1 is 1.40 bits per heavy atom. The van der Waals surface area contributed by atoms with Crippen LogP contribution >= 0.6 is 11.6 Å². The molecule has 1 aromatic heterocycles. The summed E-state index contributed by atoms with van der Waals surface area (Å²) in [5.41, 5.74) is 11.0. The molecule has 4 heteroatoms. The molecule has 1 aliphatic rings. The first kappa shape index (κ1) is 13.7. The fourth-order valence-corrected chi connectivity index (χ4v) is 3.57. The van der Waals surface area contributed by atoms with Crippen LogP contribution in [0.3, 0.4) is 0 Å². The van der Waals surface area contributed by atoms with Crippen molar-refractivity contribution in [2.45, 2.75) is 38.1 Å². The van der Waals surface area contributed by atoms with E-state index in [1.165, 1.54) is 11.1 Å². The van der Waals surface area contributed by atoms with Crippen molar-refractivity contribution >= 4 is 11.6 Å². The van der Waals surface area contributed by atoms with E-state index in [2.05, 4.69) is 36.3 Å². The summed E-state index contributed by atoms with van der Waals surface area (Å²) < 4.78 is 1.89. The number of rotatable bonds is 3. The topological polar surface area (TPSA) is 43.8 Å². The number of nitrogens with two attached hydrogens (primary N) is 1. The summed E-state index contributed by atoms with van der Waals surface area (Å²) >= 11 is 6.46. The fourth-order valence-electron chi connectivity index (χ4n) is 3.21. The Bertz CT molecular complexity index is 647. The highest BCUT2D eigenvalue weighted by Crippen LogP contribution is 2.38. The summed E-state index contributed by atoms with van der Waals surface area (Å²) in [7, 11) is 1.95. The first-order chi connectivity index (χ1) is 9.55. The molecule has 0 spiro atoms. The van der Waals surface area contributed by atoms with Crippen LogP contribution < -0.4 is 5.73 Å². The molecule has 20 heavy (non-hydrogen) atoms. The minimum Gasteiger partial charge on any atom is -0.321 e. The molecule has 1 heterocycles. The smallest absolute Gasteiger partial charge is 0.0850 e. The molecule has 0 aliphatic heterocycles. The van der Waals surface area contributed by atoms with E-state index in [0.29, 0.717) is 0 Å². The molecule has 1 atom stereocenters. The maximum atomic E-state index is 6.69. The number of halogens is 1. The molecule has 0 radical (unpaired) electrons. The van der Waals surface area contributed by atoms with Crippen LogP contribution in [0.2, 0.25) is 5.02 Å². The van der Waals surface area contributed by atoms with Gasteiger partial charge in [-0.05, 0) is 30.4 Å². The van der Waals surface area contributed by atoms with Gasteiger partial charge in [-0.25, -0.2) is 0 Å². The van der Waals surface area contributed by atoms with Crippen LogP contribution in [0.25, 0.3) is 0 Å². The van der Waals surface area contributed by atoms with Crippen LogP contribution in [0.5, 0.6) is 0 Å². The van der Waals surface area contributed by atoms with Crippen LogP contribution in [0.15, 0.2) is 24.3 Å². The molecule has 3 rings (SSSR count). The van der Waals surface area contributed by atoms with Crippen molar-refractivity contribution in [3.8, 4) is 0 Å². The van der Waals surface area contributed by atoms with Gasteiger partial charge in [-0.1, -0.05) is 42.8 Å². The molecule has 3 nitrogen and oxygen atoms in total. The van der Waals surface area contributed by atoms with Crippen LogP contribution in [0.4, 0.5) is 0 Å². The Morgan fingerprint density at radius 2 is 2.15 bits per heavy atom. The zero-order chi connectivity index (χ0) is 14.3. The van der Waals surface area contributed by atoms with Crippen LogP contribution in [-0.4, -0.2) is 9.78 Å². The average molecular weight is 290 g/mol. The highest BCUT2D eigenvalue weighted by molar-refractivity contribution is 6.31. The summed E-state index contributed by atoms with van der Waals surface area (Å²) in [5, 5.41) is 5.27. The number of hydrogen-bond acceptors (Lipinski definition) is 2. The molecule has 2 aromatic rings. The van der Waals surface area contributed by atoms with Gasteiger partial charge in [0.1, 0.15) is 0 Å². The fraction of sp³-hybridized carbons (Fsp3) is 0.438. The lowest BCUT2D eigenvalue weighted by molar-refractivity contribution is 0.425. The molecule has 0 saturated heterocycles. The minimum atomic E-state index is -0.320. The van der Waals surface area contributed by atoms with E-state index in [1.54, 1.807) is 0 Å². The number of fused-ring (bicyclic) bond motifs is 1. The van der Waals surface area contributed by atoms with Crippen molar-refractivity contribution in [3.05, 3.63) is 51.8 Å². The van der Waals surface area contributed by atoms with E-state index in [0.717, 1.165) is 42.1 Å². The Labute approximate surface area is 124 Å². The molecular formula is C16H20ClN3. The minimum absolute atomic E-state index is 0.320. The first-order valence-corrected chi connectivity index (χ1v) is 7.50. The second kappa shape index (κ2) is 4.90. The first-order valence-electron chi connectivity index (χ1n) is 7.12. The summed E-state index contributed by atoms with van der Waals surface area (Å²) in [4.78, 5) is 0. The van der Waals surface area contributed by atoms with Crippen molar-refractivity contribution < 1.29 is 0 Å². The molecule has 2 N–H and O–H groups in total. The third kappa shape index (κ3) is 2.05. The van der Waals surface area contributed by atoms with Crippen molar-refractivity contribution in [1.82, 2.24) is 9.78 Å². The SMILES string of the molecule is CCc1nn(C)c(CC2(N)CCc3ccccc32)c1Cl. The normalized spacial score (nSPS) is 21.2. The van der Waals surface area contributed by atoms with E-state index in [4.69, 9.17) is 17.3 Å². The number of aromatic nitrogens is 2. The number of hydrogen-bond donors (Lipinski definition) is 1. The molecule has 0 bridgehead atoms. The van der Waals surface area contributed by atoms with Crippen LogP contribution in [0.1, 0.15) is 35.9 Å². The lowest BCUT2D eigenvalue weighted by Gasteiger charge is -2.25. The van der Waals surface area contributed by atoms with Gasteiger partial charge in [0.05, 0.1) is 16.4 Å². The van der Waals surface area contributed by atoms with Crippen molar-refractivity contribution in [1.29, 1.82) is 0 Å². The predicted octanol–water partition coefficient (Wildman–Crippen LogP) is 2.98. The quantitative estimate of drug-likeness (QED) is 0.944. The van der Waals surface area contributed by atoms with Gasteiger partial charge in [-0.3, -0.25) is 4.68 Å². The molecule has 1 aliphatic carbocycles. The van der Waals surface area contributed by atoms with Gasteiger partial charge in [-0.15, -0.1) is 0 Å². The number of nitrogens with zero attached hydrogens (tertiary/aromatic N) is 2. The second-order valence-electron chi connectivity index (χ2n) is 5.67. The van der Waals surface area contributed by atoms with Gasteiger partial charge in [0.25, 0.3) is 0 Å². The Balaban J connectivity index is 1.98. The van der Waals surface area contributed by atoms with Gasteiger partial charge >= 0.3 is 0 Å². The molecule has 1 aromatic carbocycles. The lowest BCUT2D eigenvalue weighted by atomic mass is 9.88. The monoisotopic (exact) mass is 289 g/mol. The second-order valence-corrected chi connectivity index (χ2v) is 6.05. The number of benzene rings is 1. The van der Waals surface area contributed by atoms with E-state index in [-0.39, 0.29) is 5.54 Å². The summed E-state index contributed by atoms with van der Waals surface area (Å²) in [6.45, 7) is 2.07. The van der Waals surface area contributed by atoms with Gasteiger partial charge in [-0.2, -0.15) is 5.10 Å². The van der Waals surface area contributed by atoms with Crippen molar-refractivity contribution in [2.24, 2.45) is 12.8 Å². The third-order valence-corrected chi connectivity index (χ3v) is 4.82. The van der Waals surface area contributed by atoms with Gasteiger partial charge in [0, 0.05) is 19.0 Å². The van der Waals surface area contributed by atoms with E-state index < -0.39 is 0 Å². The molecule has 0 saturated carbocycles. The summed E-state index contributed by atoms with van der Waals surface area (Å²) in [6, 6.07) is 8.46. The highest BCUT2D eigenvalue weighted by atomic mass is 35.5. The van der Waals surface area contributed by atoms with Gasteiger partial charge in [0.2, 0.25) is 0 Å². The molecular weight excluding hydrogens is 270 g/mol. The molecule has 106 valence electrons. The highest BCUT2D eigenvalue weighted by Gasteiger charge is 2.36. The van der Waals surface area contributed by atoms with Crippen molar-refractivity contribution in [3.63, 3.8) is 0 Å². The average Bonchev–Trinajstić information content (AvgIpc) is 2.92. The maximum Gasteiger partial charge on any atom is 0.0850 e. The predicted molar refractivity (Wildman–Crippen MR) is 81.9 cm³/mol. The van der Waals surface area contributed by atoms with E-state index >= 15 is 0 Å². The Morgan fingerprint density at radius 3 is 2.85 bits per heavy atom. The number of aryl methyl sites for hydroxylation is 3. The summed E-state index contributed by atoms with van der Waals surface area (Å²) in [6.07, 6.45) is 3.60.